The summed E-state index contributed by atoms with van der Waals surface area (Å²) in [6.07, 6.45) is 1.85. The molecule has 0 aliphatic rings. The van der Waals surface area contributed by atoms with E-state index in [0.717, 1.165) is 12.6 Å². The zero-order valence-electron chi connectivity index (χ0n) is 8.43. The molecule has 1 rings (SSSR count). The SMILES string of the molecule is COc1cc(C=O)ccc1OCCC=O. The van der Waals surface area contributed by atoms with Gasteiger partial charge in [0.2, 0.25) is 0 Å². The number of hydrogen-bond donors (Lipinski definition) is 0. The van der Waals surface area contributed by atoms with Crippen LogP contribution >= 0.6 is 0 Å². The molecule has 0 fully saturated rings. The van der Waals surface area contributed by atoms with E-state index in [1.807, 2.05) is 0 Å². The second-order valence-electron chi connectivity index (χ2n) is 2.83. The standard InChI is InChI=1S/C11H12O4/c1-14-11-7-9(8-13)3-4-10(11)15-6-2-5-12/h3-5,7-8H,2,6H2,1H3. The van der Waals surface area contributed by atoms with Crippen molar-refractivity contribution in [1.29, 1.82) is 0 Å². The zero-order chi connectivity index (χ0) is 11.1. The van der Waals surface area contributed by atoms with Gasteiger partial charge in [0, 0.05) is 12.0 Å². The molecule has 0 aliphatic carbocycles. The number of methoxy groups -OCH3 is 1. The van der Waals surface area contributed by atoms with E-state index in [4.69, 9.17) is 9.47 Å². The molecular formula is C11H12O4. The Morgan fingerprint density at radius 1 is 1.27 bits per heavy atom. The molecule has 0 radical (unpaired) electrons. The van der Waals surface area contributed by atoms with Crippen LogP contribution in [0.1, 0.15) is 16.8 Å². The van der Waals surface area contributed by atoms with Crippen LogP contribution in [0.3, 0.4) is 0 Å². The Kier molecular flexibility index (Phi) is 4.34. The summed E-state index contributed by atoms with van der Waals surface area (Å²) in [6.45, 7) is 0.306. The number of aldehydes is 2. The molecular weight excluding hydrogens is 196 g/mol. The predicted octanol–water partition coefficient (Wildman–Crippen LogP) is 1.48. The molecule has 0 spiro atoms. The van der Waals surface area contributed by atoms with E-state index in [1.54, 1.807) is 18.2 Å². The highest BCUT2D eigenvalue weighted by Gasteiger charge is 2.04. The lowest BCUT2D eigenvalue weighted by Gasteiger charge is -2.09. The first-order valence-corrected chi connectivity index (χ1v) is 4.51. The van der Waals surface area contributed by atoms with Crippen molar-refractivity contribution in [2.75, 3.05) is 13.7 Å². The van der Waals surface area contributed by atoms with Crippen molar-refractivity contribution >= 4 is 12.6 Å². The topological polar surface area (TPSA) is 52.6 Å². The number of hydrogen-bond acceptors (Lipinski definition) is 4. The normalized spacial score (nSPS) is 9.40. The third kappa shape index (κ3) is 3.09. The van der Waals surface area contributed by atoms with Gasteiger partial charge >= 0.3 is 0 Å². The fourth-order valence-corrected chi connectivity index (χ4v) is 1.09. The summed E-state index contributed by atoms with van der Waals surface area (Å²) < 4.78 is 10.3. The lowest BCUT2D eigenvalue weighted by molar-refractivity contribution is -0.108. The van der Waals surface area contributed by atoms with E-state index < -0.39 is 0 Å². The molecule has 0 amide bonds. The molecule has 0 saturated heterocycles. The van der Waals surface area contributed by atoms with Crippen molar-refractivity contribution in [3.05, 3.63) is 23.8 Å². The third-order valence-electron chi connectivity index (χ3n) is 1.82. The van der Waals surface area contributed by atoms with Crippen molar-refractivity contribution in [2.24, 2.45) is 0 Å². The molecule has 0 heterocycles. The first-order valence-electron chi connectivity index (χ1n) is 4.51. The smallest absolute Gasteiger partial charge is 0.161 e. The Bertz CT molecular complexity index is 346. The molecule has 0 bridgehead atoms. The Morgan fingerprint density at radius 2 is 2.07 bits per heavy atom. The highest BCUT2D eigenvalue weighted by molar-refractivity contribution is 5.76. The van der Waals surface area contributed by atoms with E-state index in [1.165, 1.54) is 7.11 Å². The van der Waals surface area contributed by atoms with Gasteiger partial charge in [0.05, 0.1) is 13.7 Å². The third-order valence-corrected chi connectivity index (χ3v) is 1.82. The van der Waals surface area contributed by atoms with Crippen LogP contribution in [0.2, 0.25) is 0 Å². The molecule has 4 heteroatoms. The van der Waals surface area contributed by atoms with Gasteiger partial charge in [-0.15, -0.1) is 0 Å². The monoisotopic (exact) mass is 208 g/mol. The molecule has 4 nitrogen and oxygen atoms in total. The molecule has 80 valence electrons. The molecule has 0 N–H and O–H groups in total. The number of ether oxygens (including phenoxy) is 2. The van der Waals surface area contributed by atoms with Crippen LogP contribution in [-0.2, 0) is 4.79 Å². The minimum atomic E-state index is 0.306. The van der Waals surface area contributed by atoms with Crippen LogP contribution in [-0.4, -0.2) is 26.3 Å². The first-order chi connectivity index (χ1) is 7.31. The van der Waals surface area contributed by atoms with Crippen molar-refractivity contribution in [3.63, 3.8) is 0 Å². The Balaban J connectivity index is 2.77. The second kappa shape index (κ2) is 5.80. The number of carbonyl (C=O) groups excluding carboxylic acids is 2. The molecule has 0 atom stereocenters. The minimum absolute atomic E-state index is 0.306. The minimum Gasteiger partial charge on any atom is -0.493 e. The van der Waals surface area contributed by atoms with Crippen LogP contribution in [0, 0.1) is 0 Å². The maximum Gasteiger partial charge on any atom is 0.161 e. The van der Waals surface area contributed by atoms with Gasteiger partial charge in [0.15, 0.2) is 11.5 Å². The van der Waals surface area contributed by atoms with E-state index in [-0.39, 0.29) is 0 Å². The summed E-state index contributed by atoms with van der Waals surface area (Å²) in [5, 5.41) is 0. The van der Waals surface area contributed by atoms with E-state index in [9.17, 15) is 9.59 Å². The van der Waals surface area contributed by atoms with Crippen molar-refractivity contribution in [2.45, 2.75) is 6.42 Å². The molecule has 0 aromatic heterocycles. The van der Waals surface area contributed by atoms with E-state index in [2.05, 4.69) is 0 Å². The lowest BCUT2D eigenvalue weighted by Crippen LogP contribution is -2.00. The summed E-state index contributed by atoms with van der Waals surface area (Å²) in [5.74, 6) is 1.02. The van der Waals surface area contributed by atoms with Gasteiger partial charge in [0.1, 0.15) is 12.6 Å². The van der Waals surface area contributed by atoms with Gasteiger partial charge in [-0.3, -0.25) is 4.79 Å². The van der Waals surface area contributed by atoms with Crippen LogP contribution in [0.15, 0.2) is 18.2 Å². The van der Waals surface area contributed by atoms with Gasteiger partial charge < -0.3 is 14.3 Å². The van der Waals surface area contributed by atoms with Crippen LogP contribution in [0.4, 0.5) is 0 Å². The summed E-state index contributed by atoms with van der Waals surface area (Å²) in [7, 11) is 1.50. The zero-order valence-corrected chi connectivity index (χ0v) is 8.43. The molecule has 1 aromatic carbocycles. The largest absolute Gasteiger partial charge is 0.493 e. The average molecular weight is 208 g/mol. The maximum atomic E-state index is 10.5. The fourth-order valence-electron chi connectivity index (χ4n) is 1.09. The summed E-state index contributed by atoms with van der Waals surface area (Å²) >= 11 is 0. The van der Waals surface area contributed by atoms with E-state index >= 15 is 0 Å². The molecule has 15 heavy (non-hydrogen) atoms. The fraction of sp³-hybridized carbons (Fsp3) is 0.273. The Labute approximate surface area is 87.8 Å². The summed E-state index contributed by atoms with van der Waals surface area (Å²) in [5.41, 5.74) is 0.523. The first kappa shape index (κ1) is 11.2. The van der Waals surface area contributed by atoms with Gasteiger partial charge in [-0.25, -0.2) is 0 Å². The number of benzene rings is 1. The quantitative estimate of drug-likeness (QED) is 0.524. The molecule has 0 unspecified atom stereocenters. The summed E-state index contributed by atoms with van der Waals surface area (Å²) in [6, 6.07) is 4.86. The van der Waals surface area contributed by atoms with Gasteiger partial charge in [-0.05, 0) is 18.2 Å². The molecule has 0 aliphatic heterocycles. The van der Waals surface area contributed by atoms with Crippen LogP contribution in [0.25, 0.3) is 0 Å². The highest BCUT2D eigenvalue weighted by Crippen LogP contribution is 2.27. The van der Waals surface area contributed by atoms with Gasteiger partial charge in [-0.1, -0.05) is 0 Å². The van der Waals surface area contributed by atoms with E-state index in [0.29, 0.717) is 30.1 Å². The molecule has 1 aromatic rings. The van der Waals surface area contributed by atoms with Gasteiger partial charge in [-0.2, -0.15) is 0 Å². The Morgan fingerprint density at radius 3 is 2.67 bits per heavy atom. The predicted molar refractivity (Wildman–Crippen MR) is 54.6 cm³/mol. The number of rotatable bonds is 6. The van der Waals surface area contributed by atoms with Crippen molar-refractivity contribution < 1.29 is 19.1 Å². The van der Waals surface area contributed by atoms with Crippen LogP contribution in [0.5, 0.6) is 11.5 Å². The molecule has 0 saturated carbocycles. The highest BCUT2D eigenvalue weighted by atomic mass is 16.5. The Hall–Kier alpha value is -1.84. The maximum absolute atomic E-state index is 10.5. The van der Waals surface area contributed by atoms with Crippen LogP contribution < -0.4 is 9.47 Å². The van der Waals surface area contributed by atoms with Crippen molar-refractivity contribution in [3.8, 4) is 11.5 Å². The lowest BCUT2D eigenvalue weighted by atomic mass is 10.2. The van der Waals surface area contributed by atoms with Gasteiger partial charge in [0.25, 0.3) is 0 Å². The number of carbonyl (C=O) groups is 2. The van der Waals surface area contributed by atoms with Crippen molar-refractivity contribution in [1.82, 2.24) is 0 Å². The second-order valence-corrected chi connectivity index (χ2v) is 2.83. The summed E-state index contributed by atoms with van der Waals surface area (Å²) in [4.78, 5) is 20.6. The average Bonchev–Trinajstić information content (AvgIpc) is 2.29.